The van der Waals surface area contributed by atoms with Crippen molar-refractivity contribution in [2.45, 2.75) is 0 Å². The van der Waals surface area contributed by atoms with E-state index < -0.39 is 17.7 Å². The lowest BCUT2D eigenvalue weighted by atomic mass is 10.1. The summed E-state index contributed by atoms with van der Waals surface area (Å²) < 4.78 is 5.13. The molecule has 27 heavy (non-hydrogen) atoms. The van der Waals surface area contributed by atoms with Crippen molar-refractivity contribution in [3.8, 4) is 0 Å². The number of benzene rings is 2. The van der Waals surface area contributed by atoms with E-state index >= 15 is 0 Å². The Balaban J connectivity index is 1.63. The number of hydrogen-bond donors (Lipinski definition) is 1. The van der Waals surface area contributed by atoms with E-state index in [4.69, 9.17) is 4.42 Å². The Morgan fingerprint density at radius 1 is 0.926 bits per heavy atom. The summed E-state index contributed by atoms with van der Waals surface area (Å²) in [5.74, 6) is -0.779. The van der Waals surface area contributed by atoms with Gasteiger partial charge in [0, 0.05) is 6.08 Å². The highest BCUT2D eigenvalue weighted by molar-refractivity contribution is 6.36. The highest BCUT2D eigenvalue weighted by atomic mass is 16.3. The lowest BCUT2D eigenvalue weighted by molar-refractivity contribution is -0.111. The molecule has 4 rings (SSSR count). The van der Waals surface area contributed by atoms with Crippen LogP contribution in [0, 0.1) is 0 Å². The third kappa shape index (κ3) is 3.04. The topological polar surface area (TPSA) is 79.6 Å². The van der Waals surface area contributed by atoms with Gasteiger partial charge in [-0.1, -0.05) is 24.3 Å². The van der Waals surface area contributed by atoms with Gasteiger partial charge in [-0.05, 0) is 42.5 Å². The van der Waals surface area contributed by atoms with E-state index in [0.717, 1.165) is 4.90 Å². The number of fused-ring (bicyclic) bond motifs is 1. The van der Waals surface area contributed by atoms with Crippen LogP contribution in [-0.4, -0.2) is 17.7 Å². The van der Waals surface area contributed by atoms with Crippen LogP contribution >= 0.6 is 0 Å². The van der Waals surface area contributed by atoms with E-state index in [2.05, 4.69) is 5.32 Å². The summed E-state index contributed by atoms with van der Waals surface area (Å²) >= 11 is 0. The van der Waals surface area contributed by atoms with Crippen molar-refractivity contribution in [1.82, 2.24) is 0 Å². The maximum Gasteiger partial charge on any atom is 0.268 e. The van der Waals surface area contributed by atoms with Crippen LogP contribution in [0.1, 0.15) is 26.5 Å². The third-order valence-corrected chi connectivity index (χ3v) is 4.13. The number of hydrogen-bond acceptors (Lipinski definition) is 4. The van der Waals surface area contributed by atoms with Crippen molar-refractivity contribution in [1.29, 1.82) is 0 Å². The van der Waals surface area contributed by atoms with Gasteiger partial charge >= 0.3 is 0 Å². The zero-order valence-corrected chi connectivity index (χ0v) is 14.1. The van der Waals surface area contributed by atoms with Crippen LogP contribution in [0.5, 0.6) is 0 Å². The van der Waals surface area contributed by atoms with Gasteiger partial charge in [0.1, 0.15) is 5.76 Å². The summed E-state index contributed by atoms with van der Waals surface area (Å²) in [6, 6.07) is 16.9. The monoisotopic (exact) mass is 358 g/mol. The number of imide groups is 1. The summed E-state index contributed by atoms with van der Waals surface area (Å²) in [5.41, 5.74) is 1.22. The quantitative estimate of drug-likeness (QED) is 0.569. The summed E-state index contributed by atoms with van der Waals surface area (Å²) in [6.45, 7) is 0. The molecule has 132 valence electrons. The van der Waals surface area contributed by atoms with Crippen LogP contribution < -0.4 is 10.2 Å². The molecule has 6 nitrogen and oxygen atoms in total. The Morgan fingerprint density at radius 3 is 2.48 bits per heavy atom. The molecule has 0 unspecified atom stereocenters. The van der Waals surface area contributed by atoms with Crippen LogP contribution in [-0.2, 0) is 4.79 Å². The molecule has 1 aromatic heterocycles. The standard InChI is InChI=1S/C21H14N2O4/c24-18(12-11-15-8-5-13-27-15)22-17-10-4-9-16-19(17)21(26)23(20(16)25)14-6-2-1-3-7-14/h1-13H,(H,22,24)/b12-11+. The minimum atomic E-state index is -0.466. The highest BCUT2D eigenvalue weighted by Gasteiger charge is 2.38. The number of nitrogens with zero attached hydrogens (tertiary/aromatic N) is 1. The Kier molecular flexibility index (Phi) is 4.14. The maximum absolute atomic E-state index is 12.9. The molecule has 1 aliphatic heterocycles. The van der Waals surface area contributed by atoms with Crippen LogP contribution in [0.15, 0.2) is 77.4 Å². The lowest BCUT2D eigenvalue weighted by Crippen LogP contribution is -2.29. The molecule has 0 radical (unpaired) electrons. The zero-order valence-electron chi connectivity index (χ0n) is 14.1. The third-order valence-electron chi connectivity index (χ3n) is 4.13. The fourth-order valence-corrected chi connectivity index (χ4v) is 2.92. The van der Waals surface area contributed by atoms with Crippen molar-refractivity contribution >= 4 is 35.2 Å². The van der Waals surface area contributed by atoms with Gasteiger partial charge in [-0.25, -0.2) is 4.90 Å². The van der Waals surface area contributed by atoms with Crippen molar-refractivity contribution in [3.05, 3.63) is 89.9 Å². The SMILES string of the molecule is O=C(/C=C/c1ccco1)Nc1cccc2c1C(=O)N(c1ccccc1)C2=O. The molecular formula is C21H14N2O4. The number of nitrogens with one attached hydrogen (secondary N) is 1. The summed E-state index contributed by atoms with van der Waals surface area (Å²) in [5, 5.41) is 2.66. The van der Waals surface area contributed by atoms with Crippen LogP contribution in [0.3, 0.4) is 0 Å². The number of anilines is 2. The van der Waals surface area contributed by atoms with Gasteiger partial charge in [0.25, 0.3) is 11.8 Å². The van der Waals surface area contributed by atoms with Gasteiger partial charge in [-0.2, -0.15) is 0 Å². The number of para-hydroxylation sites is 1. The molecule has 2 aromatic carbocycles. The summed E-state index contributed by atoms with van der Waals surface area (Å²) in [4.78, 5) is 38.9. The Morgan fingerprint density at radius 2 is 1.74 bits per heavy atom. The molecule has 1 aliphatic rings. The molecule has 0 atom stereocenters. The van der Waals surface area contributed by atoms with E-state index in [-0.39, 0.29) is 11.1 Å². The van der Waals surface area contributed by atoms with E-state index in [1.165, 1.54) is 18.4 Å². The maximum atomic E-state index is 12.9. The molecule has 0 saturated heterocycles. The zero-order chi connectivity index (χ0) is 18.8. The van der Waals surface area contributed by atoms with Gasteiger partial charge in [-0.3, -0.25) is 14.4 Å². The first-order valence-electron chi connectivity index (χ1n) is 8.24. The Labute approximate surface area is 154 Å². The number of carbonyl (C=O) groups excluding carboxylic acids is 3. The molecule has 0 spiro atoms. The van der Waals surface area contributed by atoms with Crippen molar-refractivity contribution in [3.63, 3.8) is 0 Å². The van der Waals surface area contributed by atoms with Crippen molar-refractivity contribution in [2.75, 3.05) is 10.2 Å². The van der Waals surface area contributed by atoms with Crippen LogP contribution in [0.2, 0.25) is 0 Å². The minimum absolute atomic E-state index is 0.186. The van der Waals surface area contributed by atoms with Crippen LogP contribution in [0.4, 0.5) is 11.4 Å². The van der Waals surface area contributed by atoms with Gasteiger partial charge in [-0.15, -0.1) is 0 Å². The van der Waals surface area contributed by atoms with Gasteiger partial charge in [0.2, 0.25) is 5.91 Å². The van der Waals surface area contributed by atoms with E-state index in [1.54, 1.807) is 60.7 Å². The lowest BCUT2D eigenvalue weighted by Gasteiger charge is -2.13. The summed E-state index contributed by atoms with van der Waals surface area (Å²) in [7, 11) is 0. The average Bonchev–Trinajstić information content (AvgIpc) is 3.28. The molecular weight excluding hydrogens is 344 g/mol. The normalized spacial score (nSPS) is 13.3. The Bertz CT molecular complexity index is 1050. The summed E-state index contributed by atoms with van der Waals surface area (Å²) in [6.07, 6.45) is 4.32. The molecule has 6 heteroatoms. The smallest absolute Gasteiger partial charge is 0.268 e. The molecule has 1 N–H and O–H groups in total. The first-order valence-corrected chi connectivity index (χ1v) is 8.24. The molecule has 0 bridgehead atoms. The Hall–Kier alpha value is -3.93. The van der Waals surface area contributed by atoms with Crippen molar-refractivity contribution < 1.29 is 18.8 Å². The van der Waals surface area contributed by atoms with Crippen molar-refractivity contribution in [2.24, 2.45) is 0 Å². The largest absolute Gasteiger partial charge is 0.465 e. The number of amides is 3. The molecule has 3 amide bonds. The van der Waals surface area contributed by atoms with Crippen LogP contribution in [0.25, 0.3) is 6.08 Å². The highest BCUT2D eigenvalue weighted by Crippen LogP contribution is 2.32. The fourth-order valence-electron chi connectivity index (χ4n) is 2.92. The molecule has 3 aromatic rings. The second kappa shape index (κ2) is 6.76. The van der Waals surface area contributed by atoms with E-state index in [9.17, 15) is 14.4 Å². The molecule has 0 saturated carbocycles. The predicted octanol–water partition coefficient (Wildman–Crippen LogP) is 3.73. The molecule has 2 heterocycles. The number of furan rings is 1. The fraction of sp³-hybridized carbons (Fsp3) is 0. The molecule has 0 fully saturated rings. The molecule has 0 aliphatic carbocycles. The van der Waals surface area contributed by atoms with Gasteiger partial charge < -0.3 is 9.73 Å². The second-order valence-corrected chi connectivity index (χ2v) is 5.85. The second-order valence-electron chi connectivity index (χ2n) is 5.85. The van der Waals surface area contributed by atoms with E-state index in [0.29, 0.717) is 17.1 Å². The average molecular weight is 358 g/mol. The first kappa shape index (κ1) is 16.5. The first-order chi connectivity index (χ1) is 13.1. The van der Waals surface area contributed by atoms with Gasteiger partial charge in [0.05, 0.1) is 28.8 Å². The minimum Gasteiger partial charge on any atom is -0.465 e. The predicted molar refractivity (Wildman–Crippen MR) is 100 cm³/mol. The van der Waals surface area contributed by atoms with E-state index in [1.807, 2.05) is 0 Å². The van der Waals surface area contributed by atoms with Gasteiger partial charge in [0.15, 0.2) is 0 Å². The number of carbonyl (C=O) groups is 3. The number of rotatable bonds is 4.